The van der Waals surface area contributed by atoms with Crippen LogP contribution in [0.15, 0.2) is 22.7 Å². The van der Waals surface area contributed by atoms with Crippen LogP contribution in [0.5, 0.6) is 0 Å². The van der Waals surface area contributed by atoms with Crippen LogP contribution < -0.4 is 0 Å². The summed E-state index contributed by atoms with van der Waals surface area (Å²) in [7, 11) is 0. The van der Waals surface area contributed by atoms with Crippen LogP contribution in [-0.4, -0.2) is 9.97 Å². The molecule has 0 saturated carbocycles. The molecular formula is C14H12BrCl2IN2. The Balaban J connectivity index is 2.54. The second-order valence-electron chi connectivity index (χ2n) is 4.82. The highest BCUT2D eigenvalue weighted by Crippen LogP contribution is 2.31. The summed E-state index contributed by atoms with van der Waals surface area (Å²) in [4.78, 5) is 8.98. The average Bonchev–Trinajstić information content (AvgIpc) is 2.34. The summed E-state index contributed by atoms with van der Waals surface area (Å²) in [6.07, 6.45) is 0.863. The van der Waals surface area contributed by atoms with E-state index in [-0.39, 0.29) is 0 Å². The van der Waals surface area contributed by atoms with Crippen LogP contribution >= 0.6 is 61.7 Å². The number of rotatable bonds is 3. The van der Waals surface area contributed by atoms with Crippen LogP contribution in [-0.2, 0) is 6.42 Å². The first-order valence-corrected chi connectivity index (χ1v) is 8.68. The Labute approximate surface area is 150 Å². The van der Waals surface area contributed by atoms with Crippen molar-refractivity contribution in [3.63, 3.8) is 0 Å². The maximum Gasteiger partial charge on any atom is 0.162 e. The highest BCUT2D eigenvalue weighted by molar-refractivity contribution is 14.1. The molecule has 0 unspecified atom stereocenters. The smallest absolute Gasteiger partial charge is 0.162 e. The first kappa shape index (κ1) is 16.5. The minimum atomic E-state index is 0.477. The third-order valence-corrected chi connectivity index (χ3v) is 5.18. The zero-order valence-electron chi connectivity index (χ0n) is 10.9. The van der Waals surface area contributed by atoms with Gasteiger partial charge in [0, 0.05) is 10.0 Å². The highest BCUT2D eigenvalue weighted by Gasteiger charge is 2.15. The molecule has 0 spiro atoms. The van der Waals surface area contributed by atoms with Crippen molar-refractivity contribution in [1.29, 1.82) is 0 Å². The van der Waals surface area contributed by atoms with Gasteiger partial charge in [-0.15, -0.1) is 0 Å². The summed E-state index contributed by atoms with van der Waals surface area (Å²) in [5.41, 5.74) is 1.76. The maximum atomic E-state index is 6.26. The van der Waals surface area contributed by atoms with Crippen molar-refractivity contribution in [3.8, 4) is 11.4 Å². The summed E-state index contributed by atoms with van der Waals surface area (Å²) in [6.45, 7) is 4.30. The highest BCUT2D eigenvalue weighted by atomic mass is 127. The Morgan fingerprint density at radius 3 is 2.55 bits per heavy atom. The van der Waals surface area contributed by atoms with E-state index >= 15 is 0 Å². The summed E-state index contributed by atoms with van der Waals surface area (Å²) in [5.74, 6) is 1.08. The molecule has 1 aromatic heterocycles. The second-order valence-corrected chi connectivity index (χ2v) is 7.58. The number of hydrogen-bond acceptors (Lipinski definition) is 2. The van der Waals surface area contributed by atoms with Gasteiger partial charge in [0.25, 0.3) is 0 Å². The SMILES string of the molecule is CC(C)Cc1nc(-c2ccc(Br)cc2Cl)nc(Cl)c1I. The van der Waals surface area contributed by atoms with E-state index in [0.29, 0.717) is 21.9 Å². The van der Waals surface area contributed by atoms with E-state index < -0.39 is 0 Å². The monoisotopic (exact) mass is 484 g/mol. The molecule has 1 heterocycles. The van der Waals surface area contributed by atoms with Gasteiger partial charge in [-0.05, 0) is 53.1 Å². The van der Waals surface area contributed by atoms with Crippen molar-refractivity contribution in [2.45, 2.75) is 20.3 Å². The second kappa shape index (κ2) is 6.90. The van der Waals surface area contributed by atoms with Gasteiger partial charge in [0.15, 0.2) is 5.82 Å². The van der Waals surface area contributed by atoms with Gasteiger partial charge in [0.2, 0.25) is 0 Å². The molecule has 0 saturated heterocycles. The minimum Gasteiger partial charge on any atom is -0.232 e. The molecule has 0 aliphatic carbocycles. The van der Waals surface area contributed by atoms with Crippen molar-refractivity contribution in [2.24, 2.45) is 5.92 Å². The summed E-state index contributed by atoms with van der Waals surface area (Å²) in [5, 5.41) is 1.08. The fourth-order valence-electron chi connectivity index (χ4n) is 1.78. The van der Waals surface area contributed by atoms with Gasteiger partial charge in [0.1, 0.15) is 5.15 Å². The fourth-order valence-corrected chi connectivity index (χ4v) is 3.18. The van der Waals surface area contributed by atoms with E-state index in [2.05, 4.69) is 62.3 Å². The molecule has 2 nitrogen and oxygen atoms in total. The zero-order chi connectivity index (χ0) is 14.9. The quantitative estimate of drug-likeness (QED) is 0.392. The van der Waals surface area contributed by atoms with Crippen molar-refractivity contribution >= 4 is 61.7 Å². The largest absolute Gasteiger partial charge is 0.232 e. The predicted molar refractivity (Wildman–Crippen MR) is 96.4 cm³/mol. The zero-order valence-corrected chi connectivity index (χ0v) is 16.2. The number of benzene rings is 1. The molecule has 2 aromatic rings. The normalized spacial score (nSPS) is 11.2. The topological polar surface area (TPSA) is 25.8 Å². The molecule has 0 bridgehead atoms. The van der Waals surface area contributed by atoms with Crippen molar-refractivity contribution in [3.05, 3.63) is 42.1 Å². The Bertz CT molecular complexity index is 647. The van der Waals surface area contributed by atoms with Gasteiger partial charge in [0.05, 0.1) is 14.3 Å². The molecule has 106 valence electrons. The van der Waals surface area contributed by atoms with Gasteiger partial charge >= 0.3 is 0 Å². The Kier molecular flexibility index (Phi) is 5.68. The third-order valence-electron chi connectivity index (χ3n) is 2.65. The van der Waals surface area contributed by atoms with E-state index in [4.69, 9.17) is 23.2 Å². The standard InChI is InChI=1S/C14H12BrCl2IN2/c1-7(2)5-11-12(18)13(17)20-14(19-11)9-4-3-8(15)6-10(9)16/h3-4,6-7H,5H2,1-2H3. The summed E-state index contributed by atoms with van der Waals surface area (Å²) >= 11 is 18.1. The molecular weight excluding hydrogens is 474 g/mol. The summed E-state index contributed by atoms with van der Waals surface area (Å²) in [6, 6.07) is 5.64. The van der Waals surface area contributed by atoms with Gasteiger partial charge in [-0.25, -0.2) is 9.97 Å². The van der Waals surface area contributed by atoms with Crippen LogP contribution in [0.1, 0.15) is 19.5 Å². The van der Waals surface area contributed by atoms with E-state index in [0.717, 1.165) is 25.7 Å². The molecule has 0 aliphatic rings. The molecule has 2 rings (SSSR count). The fraction of sp³-hybridized carbons (Fsp3) is 0.286. The van der Waals surface area contributed by atoms with Crippen LogP contribution in [0.2, 0.25) is 10.2 Å². The van der Waals surface area contributed by atoms with Gasteiger partial charge in [-0.2, -0.15) is 0 Å². The molecule has 20 heavy (non-hydrogen) atoms. The predicted octanol–water partition coefficient (Wildman–Crippen LogP) is 6.02. The minimum absolute atomic E-state index is 0.477. The van der Waals surface area contributed by atoms with E-state index in [9.17, 15) is 0 Å². The summed E-state index contributed by atoms with van der Waals surface area (Å²) < 4.78 is 1.83. The first-order chi connectivity index (χ1) is 9.38. The van der Waals surface area contributed by atoms with Gasteiger partial charge in [-0.1, -0.05) is 53.0 Å². The van der Waals surface area contributed by atoms with Crippen LogP contribution in [0.3, 0.4) is 0 Å². The molecule has 0 fully saturated rings. The van der Waals surface area contributed by atoms with Gasteiger partial charge in [-0.3, -0.25) is 0 Å². The molecule has 0 N–H and O–H groups in total. The molecule has 0 amide bonds. The Hall–Kier alpha value is 0.0900. The Morgan fingerprint density at radius 1 is 1.25 bits per heavy atom. The number of aromatic nitrogens is 2. The third kappa shape index (κ3) is 3.84. The molecule has 0 radical (unpaired) electrons. The van der Waals surface area contributed by atoms with Crippen molar-refractivity contribution in [1.82, 2.24) is 9.97 Å². The lowest BCUT2D eigenvalue weighted by atomic mass is 10.1. The Morgan fingerprint density at radius 2 is 1.95 bits per heavy atom. The van der Waals surface area contributed by atoms with Crippen LogP contribution in [0, 0.1) is 9.49 Å². The number of hydrogen-bond donors (Lipinski definition) is 0. The van der Waals surface area contributed by atoms with Gasteiger partial charge < -0.3 is 0 Å². The molecule has 1 aromatic carbocycles. The van der Waals surface area contributed by atoms with Crippen LogP contribution in [0.25, 0.3) is 11.4 Å². The number of halogens is 4. The number of nitrogens with zero attached hydrogens (tertiary/aromatic N) is 2. The molecule has 0 atom stereocenters. The lowest BCUT2D eigenvalue weighted by molar-refractivity contribution is 0.632. The lowest BCUT2D eigenvalue weighted by Crippen LogP contribution is -2.04. The van der Waals surface area contributed by atoms with E-state index in [1.807, 2.05) is 18.2 Å². The van der Waals surface area contributed by atoms with E-state index in [1.54, 1.807) is 0 Å². The van der Waals surface area contributed by atoms with E-state index in [1.165, 1.54) is 0 Å². The first-order valence-electron chi connectivity index (χ1n) is 6.05. The maximum absolute atomic E-state index is 6.26. The van der Waals surface area contributed by atoms with Crippen molar-refractivity contribution < 1.29 is 0 Å². The average molecular weight is 486 g/mol. The van der Waals surface area contributed by atoms with Crippen molar-refractivity contribution in [2.75, 3.05) is 0 Å². The molecule has 6 heteroatoms. The van der Waals surface area contributed by atoms with Crippen LogP contribution in [0.4, 0.5) is 0 Å². The lowest BCUT2D eigenvalue weighted by Gasteiger charge is -2.11. The molecule has 0 aliphatic heterocycles.